The summed E-state index contributed by atoms with van der Waals surface area (Å²) in [7, 11) is -2.00. The quantitative estimate of drug-likeness (QED) is 0.865. The molecule has 0 aromatic carbocycles. The lowest BCUT2D eigenvalue weighted by atomic mass is 10.5. The summed E-state index contributed by atoms with van der Waals surface area (Å²) >= 11 is 0. The number of nitrogens with one attached hydrogen (secondary N) is 2. The second kappa shape index (κ2) is 4.65. The van der Waals surface area contributed by atoms with Crippen molar-refractivity contribution in [1.29, 1.82) is 0 Å². The summed E-state index contributed by atoms with van der Waals surface area (Å²) in [6.07, 6.45) is 1.26. The van der Waals surface area contributed by atoms with Crippen LogP contribution in [-0.2, 0) is 10.0 Å². The Labute approximate surface area is 104 Å². The molecule has 0 aliphatic rings. The topological polar surface area (TPSA) is 97.1 Å². The molecule has 18 heavy (non-hydrogen) atoms. The minimum Gasteiger partial charge on any atom is -0.373 e. The molecule has 96 valence electrons. The highest BCUT2D eigenvalue weighted by Crippen LogP contribution is 2.16. The Morgan fingerprint density at radius 3 is 2.61 bits per heavy atom. The first-order chi connectivity index (χ1) is 8.51. The molecule has 2 N–H and O–H groups in total. The van der Waals surface area contributed by atoms with E-state index in [0.29, 0.717) is 11.5 Å². The van der Waals surface area contributed by atoms with Crippen molar-refractivity contribution in [2.24, 2.45) is 0 Å². The van der Waals surface area contributed by atoms with Crippen LogP contribution in [-0.4, -0.2) is 25.6 Å². The molecular formula is C10H12N4O3S. The predicted octanol–water partition coefficient (Wildman–Crippen LogP) is 1.22. The maximum atomic E-state index is 12.0. The van der Waals surface area contributed by atoms with Gasteiger partial charge in [-0.2, -0.15) is 0 Å². The van der Waals surface area contributed by atoms with Gasteiger partial charge in [0, 0.05) is 19.3 Å². The number of hydrogen-bond donors (Lipinski definition) is 2. The highest BCUT2D eigenvalue weighted by molar-refractivity contribution is 7.92. The first-order valence-corrected chi connectivity index (χ1v) is 6.59. The first kappa shape index (κ1) is 12.4. The number of aromatic nitrogens is 2. The zero-order chi connectivity index (χ0) is 13.2. The molecule has 2 rings (SSSR count). The summed E-state index contributed by atoms with van der Waals surface area (Å²) in [5.74, 6) is 0.662. The average Bonchev–Trinajstić information content (AvgIpc) is 2.74. The fraction of sp³-hybridized carbons (Fsp3) is 0.200. The van der Waals surface area contributed by atoms with E-state index in [1.807, 2.05) is 0 Å². The molecule has 0 aliphatic carbocycles. The van der Waals surface area contributed by atoms with E-state index >= 15 is 0 Å². The minimum absolute atomic E-state index is 0.0514. The lowest BCUT2D eigenvalue weighted by Crippen LogP contribution is -2.12. The summed E-state index contributed by atoms with van der Waals surface area (Å²) in [4.78, 5) is 3.99. The van der Waals surface area contributed by atoms with Crippen molar-refractivity contribution in [1.82, 2.24) is 10.1 Å². The maximum absolute atomic E-state index is 12.0. The van der Waals surface area contributed by atoms with Gasteiger partial charge in [0.15, 0.2) is 0 Å². The molecule has 0 spiro atoms. The fourth-order valence-corrected chi connectivity index (χ4v) is 2.21. The van der Waals surface area contributed by atoms with E-state index in [4.69, 9.17) is 4.52 Å². The van der Waals surface area contributed by atoms with E-state index < -0.39 is 10.0 Å². The van der Waals surface area contributed by atoms with Crippen LogP contribution in [0.15, 0.2) is 33.8 Å². The molecule has 2 aromatic rings. The lowest BCUT2D eigenvalue weighted by molar-refractivity contribution is 0.430. The molecule has 0 aliphatic heterocycles. The molecule has 0 unspecified atom stereocenters. The molecule has 0 fully saturated rings. The largest absolute Gasteiger partial charge is 0.373 e. The molecule has 7 nitrogen and oxygen atoms in total. The number of sulfonamides is 1. The molecule has 0 radical (unpaired) electrons. The van der Waals surface area contributed by atoms with Crippen molar-refractivity contribution >= 4 is 21.7 Å². The molecule has 0 atom stereocenters. The summed E-state index contributed by atoms with van der Waals surface area (Å²) < 4.78 is 31.0. The second-order valence-corrected chi connectivity index (χ2v) is 5.25. The SMILES string of the molecule is CNc1ccc(S(=O)(=O)Nc2cc(C)no2)cn1. The van der Waals surface area contributed by atoms with Gasteiger partial charge in [0.25, 0.3) is 10.0 Å². The zero-order valence-electron chi connectivity index (χ0n) is 9.84. The van der Waals surface area contributed by atoms with Crippen molar-refractivity contribution in [2.75, 3.05) is 17.1 Å². The summed E-state index contributed by atoms with van der Waals surface area (Å²) in [5.41, 5.74) is 0.594. The van der Waals surface area contributed by atoms with Gasteiger partial charge in [-0.3, -0.25) is 0 Å². The summed E-state index contributed by atoms with van der Waals surface area (Å²) in [6, 6.07) is 4.51. The molecule has 0 bridgehead atoms. The van der Waals surface area contributed by atoms with E-state index in [1.165, 1.54) is 18.3 Å². The van der Waals surface area contributed by atoms with Crippen molar-refractivity contribution in [2.45, 2.75) is 11.8 Å². The van der Waals surface area contributed by atoms with Crippen LogP contribution in [0.2, 0.25) is 0 Å². The van der Waals surface area contributed by atoms with Crippen LogP contribution in [0.5, 0.6) is 0 Å². The normalized spacial score (nSPS) is 11.2. The Balaban J connectivity index is 2.24. The maximum Gasteiger partial charge on any atom is 0.265 e. The van der Waals surface area contributed by atoms with Gasteiger partial charge < -0.3 is 9.84 Å². The number of hydrogen-bond acceptors (Lipinski definition) is 6. The number of rotatable bonds is 4. The second-order valence-electron chi connectivity index (χ2n) is 3.57. The Hall–Kier alpha value is -2.09. The standard InChI is InChI=1S/C10H12N4O3S/c1-7-5-10(17-13-7)14-18(15,16)8-3-4-9(11-2)12-6-8/h3-6,14H,1-2H3,(H,11,12). The fourth-order valence-electron chi connectivity index (χ4n) is 1.29. The van der Waals surface area contributed by atoms with Gasteiger partial charge >= 0.3 is 0 Å². The molecule has 0 saturated heterocycles. The van der Waals surface area contributed by atoms with Crippen LogP contribution in [0.1, 0.15) is 5.69 Å². The Kier molecular flexibility index (Phi) is 3.19. The number of nitrogens with zero attached hydrogens (tertiary/aromatic N) is 2. The van der Waals surface area contributed by atoms with Crippen LogP contribution in [0.25, 0.3) is 0 Å². The van der Waals surface area contributed by atoms with Gasteiger partial charge in [-0.15, -0.1) is 0 Å². The van der Waals surface area contributed by atoms with E-state index in [0.717, 1.165) is 0 Å². The third kappa shape index (κ3) is 2.59. The summed E-state index contributed by atoms with van der Waals surface area (Å²) in [6.45, 7) is 1.70. The minimum atomic E-state index is -3.70. The molecule has 2 aromatic heterocycles. The molecule has 2 heterocycles. The third-order valence-corrected chi connectivity index (χ3v) is 3.50. The van der Waals surface area contributed by atoms with Gasteiger partial charge in [-0.1, -0.05) is 5.16 Å². The number of pyridine rings is 1. The highest BCUT2D eigenvalue weighted by Gasteiger charge is 2.16. The van der Waals surface area contributed by atoms with Crippen molar-refractivity contribution in [3.63, 3.8) is 0 Å². The van der Waals surface area contributed by atoms with Crippen molar-refractivity contribution < 1.29 is 12.9 Å². The van der Waals surface area contributed by atoms with E-state index in [2.05, 4.69) is 20.2 Å². The van der Waals surface area contributed by atoms with Gasteiger partial charge in [-0.05, 0) is 19.1 Å². The third-order valence-electron chi connectivity index (χ3n) is 2.17. The van der Waals surface area contributed by atoms with Crippen molar-refractivity contribution in [3.8, 4) is 0 Å². The smallest absolute Gasteiger partial charge is 0.265 e. The molecule has 8 heteroatoms. The van der Waals surface area contributed by atoms with Crippen LogP contribution >= 0.6 is 0 Å². The van der Waals surface area contributed by atoms with E-state index in [1.54, 1.807) is 20.0 Å². The van der Waals surface area contributed by atoms with E-state index in [-0.39, 0.29) is 10.8 Å². The predicted molar refractivity (Wildman–Crippen MR) is 65.8 cm³/mol. The van der Waals surface area contributed by atoms with E-state index in [9.17, 15) is 8.42 Å². The zero-order valence-corrected chi connectivity index (χ0v) is 10.7. The Morgan fingerprint density at radius 2 is 2.11 bits per heavy atom. The van der Waals surface area contributed by atoms with Gasteiger partial charge in [0.2, 0.25) is 5.88 Å². The van der Waals surface area contributed by atoms with Gasteiger partial charge in [-0.25, -0.2) is 18.1 Å². The van der Waals surface area contributed by atoms with Crippen LogP contribution < -0.4 is 10.0 Å². The van der Waals surface area contributed by atoms with Crippen LogP contribution in [0, 0.1) is 6.92 Å². The number of anilines is 2. The summed E-state index contributed by atoms with van der Waals surface area (Å²) in [5, 5.41) is 6.40. The molecular weight excluding hydrogens is 256 g/mol. The Bertz CT molecular complexity index is 633. The number of aryl methyl sites for hydroxylation is 1. The van der Waals surface area contributed by atoms with Crippen LogP contribution in [0.3, 0.4) is 0 Å². The first-order valence-electron chi connectivity index (χ1n) is 5.11. The molecule has 0 saturated carbocycles. The molecule has 0 amide bonds. The lowest BCUT2D eigenvalue weighted by Gasteiger charge is -2.05. The Morgan fingerprint density at radius 1 is 1.33 bits per heavy atom. The monoisotopic (exact) mass is 268 g/mol. The van der Waals surface area contributed by atoms with Crippen LogP contribution in [0.4, 0.5) is 11.7 Å². The highest BCUT2D eigenvalue weighted by atomic mass is 32.2. The average molecular weight is 268 g/mol. The van der Waals surface area contributed by atoms with Crippen molar-refractivity contribution in [3.05, 3.63) is 30.1 Å². The van der Waals surface area contributed by atoms with Gasteiger partial charge in [0.1, 0.15) is 10.7 Å². The van der Waals surface area contributed by atoms with Gasteiger partial charge in [0.05, 0.1) is 5.69 Å².